The molecule has 1 aromatic heterocycles. The molecule has 1 N–H and O–H groups in total. The third-order valence-corrected chi connectivity index (χ3v) is 6.69. The van der Waals surface area contributed by atoms with Crippen molar-refractivity contribution in [3.63, 3.8) is 0 Å². The molecule has 0 radical (unpaired) electrons. The number of amides is 1. The van der Waals surface area contributed by atoms with E-state index >= 15 is 0 Å². The lowest BCUT2D eigenvalue weighted by Gasteiger charge is -2.18. The van der Waals surface area contributed by atoms with Crippen LogP contribution < -0.4 is 5.32 Å². The molecule has 30 heavy (non-hydrogen) atoms. The first-order chi connectivity index (χ1) is 14.1. The first kappa shape index (κ1) is 24.1. The fourth-order valence-corrected chi connectivity index (χ4v) is 4.37. The summed E-state index contributed by atoms with van der Waals surface area (Å²) in [7, 11) is -3.63. The first-order valence-corrected chi connectivity index (χ1v) is 11.2. The van der Waals surface area contributed by atoms with Gasteiger partial charge in [0.1, 0.15) is 0 Å². The molecule has 0 bridgehead atoms. The van der Waals surface area contributed by atoms with Crippen LogP contribution in [0.5, 0.6) is 0 Å². The van der Waals surface area contributed by atoms with Crippen molar-refractivity contribution in [2.75, 3.05) is 18.4 Å². The van der Waals surface area contributed by atoms with E-state index in [1.165, 1.54) is 47.8 Å². The van der Waals surface area contributed by atoms with Crippen molar-refractivity contribution in [3.8, 4) is 0 Å². The largest absolute Gasteiger partial charge is 0.449 e. The van der Waals surface area contributed by atoms with Crippen molar-refractivity contribution >= 4 is 50.9 Å². The second kappa shape index (κ2) is 10.2. The van der Waals surface area contributed by atoms with E-state index in [1.54, 1.807) is 13.8 Å². The van der Waals surface area contributed by atoms with Gasteiger partial charge in [-0.05, 0) is 37.3 Å². The van der Waals surface area contributed by atoms with Gasteiger partial charge in [0, 0.05) is 19.3 Å². The van der Waals surface area contributed by atoms with Gasteiger partial charge in [-0.1, -0.05) is 37.0 Å². The minimum Gasteiger partial charge on any atom is -0.449 e. The standard InChI is InChI=1S/C19H21Cl2N3O5S/c1-4-24(5-2)30(27,28)15-8-6-13(7-9-15)19(26)29-12(3)18(25)23-17-16(21)10-14(20)11-22-17/h6-12H,4-5H2,1-3H3,(H,22,23,25). The van der Waals surface area contributed by atoms with E-state index < -0.39 is 28.0 Å². The van der Waals surface area contributed by atoms with Crippen molar-refractivity contribution in [1.29, 1.82) is 0 Å². The highest BCUT2D eigenvalue weighted by Crippen LogP contribution is 2.23. The van der Waals surface area contributed by atoms with Crippen LogP contribution in [0.3, 0.4) is 0 Å². The fraction of sp³-hybridized carbons (Fsp3) is 0.316. The molecule has 0 saturated carbocycles. The van der Waals surface area contributed by atoms with Crippen LogP contribution in [0.25, 0.3) is 0 Å². The minimum absolute atomic E-state index is 0.0667. The minimum atomic E-state index is -3.63. The number of benzene rings is 1. The van der Waals surface area contributed by atoms with Gasteiger partial charge < -0.3 is 10.1 Å². The molecule has 11 heteroatoms. The van der Waals surface area contributed by atoms with Gasteiger partial charge in [-0.15, -0.1) is 0 Å². The zero-order valence-electron chi connectivity index (χ0n) is 16.6. The van der Waals surface area contributed by atoms with E-state index in [1.807, 2.05) is 0 Å². The Morgan fingerprint density at radius 3 is 2.30 bits per heavy atom. The summed E-state index contributed by atoms with van der Waals surface area (Å²) in [5, 5.41) is 2.89. The highest BCUT2D eigenvalue weighted by atomic mass is 35.5. The Bertz CT molecular complexity index is 1020. The second-order valence-electron chi connectivity index (χ2n) is 6.13. The first-order valence-electron chi connectivity index (χ1n) is 9.03. The average molecular weight is 474 g/mol. The Balaban J connectivity index is 2.05. The van der Waals surface area contributed by atoms with Gasteiger partial charge in [0.2, 0.25) is 10.0 Å². The zero-order valence-corrected chi connectivity index (χ0v) is 18.9. The molecule has 162 valence electrons. The molecule has 0 aliphatic carbocycles. The Hall–Kier alpha value is -2.20. The van der Waals surface area contributed by atoms with E-state index in [4.69, 9.17) is 27.9 Å². The Kier molecular flexibility index (Phi) is 8.19. The van der Waals surface area contributed by atoms with Crippen LogP contribution in [0.4, 0.5) is 5.82 Å². The smallest absolute Gasteiger partial charge is 0.338 e. The predicted octanol–water partition coefficient (Wildman–Crippen LogP) is 3.60. The Morgan fingerprint density at radius 1 is 1.17 bits per heavy atom. The number of hydrogen-bond donors (Lipinski definition) is 1. The van der Waals surface area contributed by atoms with E-state index in [2.05, 4.69) is 10.3 Å². The lowest BCUT2D eigenvalue weighted by Crippen LogP contribution is -2.31. The highest BCUT2D eigenvalue weighted by molar-refractivity contribution is 7.89. The molecular weight excluding hydrogens is 453 g/mol. The molecule has 0 saturated heterocycles. The summed E-state index contributed by atoms with van der Waals surface area (Å²) in [4.78, 5) is 28.5. The van der Waals surface area contributed by atoms with E-state index in [-0.39, 0.29) is 21.3 Å². The van der Waals surface area contributed by atoms with Crippen molar-refractivity contribution < 1.29 is 22.7 Å². The molecule has 2 aromatic rings. The number of carbonyl (C=O) groups is 2. The van der Waals surface area contributed by atoms with Gasteiger partial charge >= 0.3 is 5.97 Å². The number of aromatic nitrogens is 1. The van der Waals surface area contributed by atoms with Crippen LogP contribution in [-0.2, 0) is 19.6 Å². The molecule has 0 aliphatic heterocycles. The monoisotopic (exact) mass is 473 g/mol. The van der Waals surface area contributed by atoms with Crippen LogP contribution in [0.1, 0.15) is 31.1 Å². The summed E-state index contributed by atoms with van der Waals surface area (Å²) in [5.41, 5.74) is 0.107. The number of rotatable bonds is 8. The quantitative estimate of drug-likeness (QED) is 0.586. The summed E-state index contributed by atoms with van der Waals surface area (Å²) in [6.07, 6.45) is 0.165. The van der Waals surface area contributed by atoms with Crippen LogP contribution in [0.2, 0.25) is 10.0 Å². The van der Waals surface area contributed by atoms with Gasteiger partial charge in [-0.2, -0.15) is 4.31 Å². The van der Waals surface area contributed by atoms with Gasteiger partial charge in [-0.3, -0.25) is 4.79 Å². The maximum atomic E-state index is 12.5. The predicted molar refractivity (Wildman–Crippen MR) is 114 cm³/mol. The van der Waals surface area contributed by atoms with Crippen LogP contribution in [-0.4, -0.2) is 48.8 Å². The summed E-state index contributed by atoms with van der Waals surface area (Å²) in [6, 6.07) is 6.73. The Morgan fingerprint density at radius 2 is 1.77 bits per heavy atom. The lowest BCUT2D eigenvalue weighted by atomic mass is 10.2. The molecule has 1 aromatic carbocycles. The van der Waals surface area contributed by atoms with Crippen molar-refractivity contribution in [2.45, 2.75) is 31.8 Å². The van der Waals surface area contributed by atoms with Crippen molar-refractivity contribution in [1.82, 2.24) is 9.29 Å². The number of pyridine rings is 1. The SMILES string of the molecule is CCN(CC)S(=O)(=O)c1ccc(C(=O)OC(C)C(=O)Nc2ncc(Cl)cc2Cl)cc1. The van der Waals surface area contributed by atoms with Crippen molar-refractivity contribution in [3.05, 3.63) is 52.1 Å². The van der Waals surface area contributed by atoms with Crippen LogP contribution in [0.15, 0.2) is 41.4 Å². The third kappa shape index (κ3) is 5.69. The number of ether oxygens (including phenoxy) is 1. The molecule has 0 fully saturated rings. The van der Waals surface area contributed by atoms with E-state index in [0.717, 1.165) is 0 Å². The van der Waals surface area contributed by atoms with Crippen LogP contribution >= 0.6 is 23.2 Å². The van der Waals surface area contributed by atoms with Crippen molar-refractivity contribution in [2.24, 2.45) is 0 Å². The third-order valence-electron chi connectivity index (χ3n) is 4.14. The van der Waals surface area contributed by atoms with Gasteiger partial charge in [0.15, 0.2) is 11.9 Å². The molecule has 0 aliphatic rings. The summed E-state index contributed by atoms with van der Waals surface area (Å²) in [6.45, 7) is 5.54. The number of nitrogens with zero attached hydrogens (tertiary/aromatic N) is 2. The summed E-state index contributed by atoms with van der Waals surface area (Å²) in [5.74, 6) is -1.33. The molecule has 1 unspecified atom stereocenters. The molecule has 1 amide bonds. The van der Waals surface area contributed by atoms with Gasteiger partial charge in [0.05, 0.1) is 20.5 Å². The van der Waals surface area contributed by atoms with Crippen LogP contribution in [0, 0.1) is 0 Å². The van der Waals surface area contributed by atoms with Gasteiger partial charge in [0.25, 0.3) is 5.91 Å². The number of hydrogen-bond acceptors (Lipinski definition) is 6. The Labute approximate surface area is 185 Å². The molecule has 1 atom stereocenters. The fourth-order valence-electron chi connectivity index (χ4n) is 2.48. The number of halogens is 2. The number of esters is 1. The topological polar surface area (TPSA) is 106 Å². The normalized spacial score (nSPS) is 12.5. The number of nitrogens with one attached hydrogen (secondary N) is 1. The molecule has 1 heterocycles. The average Bonchev–Trinajstić information content (AvgIpc) is 2.70. The summed E-state index contributed by atoms with van der Waals surface area (Å²) < 4.78 is 31.4. The highest BCUT2D eigenvalue weighted by Gasteiger charge is 2.23. The lowest BCUT2D eigenvalue weighted by molar-refractivity contribution is -0.123. The maximum absolute atomic E-state index is 12.5. The molecular formula is C19H21Cl2N3O5S. The molecule has 2 rings (SSSR count). The van der Waals surface area contributed by atoms with E-state index in [0.29, 0.717) is 18.1 Å². The van der Waals surface area contributed by atoms with E-state index in [9.17, 15) is 18.0 Å². The second-order valence-corrected chi connectivity index (χ2v) is 8.92. The number of sulfonamides is 1. The molecule has 8 nitrogen and oxygen atoms in total. The summed E-state index contributed by atoms with van der Waals surface area (Å²) >= 11 is 11.7. The molecule has 0 spiro atoms. The number of carbonyl (C=O) groups excluding carboxylic acids is 2. The van der Waals surface area contributed by atoms with Gasteiger partial charge in [-0.25, -0.2) is 18.2 Å². The maximum Gasteiger partial charge on any atom is 0.338 e. The number of anilines is 1. The zero-order chi connectivity index (χ0) is 22.5.